The third-order valence-electron chi connectivity index (χ3n) is 5.03. The van der Waals surface area contributed by atoms with Crippen molar-refractivity contribution in [3.8, 4) is 0 Å². The van der Waals surface area contributed by atoms with Crippen LogP contribution in [0.1, 0.15) is 19.3 Å². The quantitative estimate of drug-likeness (QED) is 0.743. The van der Waals surface area contributed by atoms with Gasteiger partial charge in [0.05, 0.1) is 18.3 Å². The fraction of sp³-hybridized carbons (Fsp3) is 0.933. The van der Waals surface area contributed by atoms with Crippen LogP contribution in [-0.2, 0) is 19.6 Å². The lowest BCUT2D eigenvalue weighted by Gasteiger charge is -2.36. The summed E-state index contributed by atoms with van der Waals surface area (Å²) in [4.78, 5) is 14.5. The van der Waals surface area contributed by atoms with Gasteiger partial charge in [0.2, 0.25) is 15.9 Å². The molecule has 1 N–H and O–H groups in total. The van der Waals surface area contributed by atoms with Gasteiger partial charge in [0.25, 0.3) is 0 Å². The molecule has 3 aliphatic rings. The molecule has 3 heterocycles. The lowest BCUT2D eigenvalue weighted by Crippen LogP contribution is -2.52. The average molecular weight is 345 g/mol. The SMILES string of the molecule is O=C(C1CCCN(S(=O)(=O)CC2CCOC2)C1)N1CCNCC1. The smallest absolute Gasteiger partial charge is 0.227 e. The van der Waals surface area contributed by atoms with Crippen LogP contribution in [0.15, 0.2) is 0 Å². The number of carbonyl (C=O) groups is 1. The second kappa shape index (κ2) is 7.46. The van der Waals surface area contributed by atoms with Crippen molar-refractivity contribution < 1.29 is 17.9 Å². The molecule has 7 nitrogen and oxygen atoms in total. The highest BCUT2D eigenvalue weighted by Crippen LogP contribution is 2.24. The monoisotopic (exact) mass is 345 g/mol. The van der Waals surface area contributed by atoms with Crippen molar-refractivity contribution in [2.24, 2.45) is 11.8 Å². The van der Waals surface area contributed by atoms with E-state index in [2.05, 4.69) is 5.32 Å². The molecule has 0 bridgehead atoms. The van der Waals surface area contributed by atoms with Gasteiger partial charge >= 0.3 is 0 Å². The van der Waals surface area contributed by atoms with Crippen LogP contribution in [0.3, 0.4) is 0 Å². The molecule has 0 aromatic rings. The summed E-state index contributed by atoms with van der Waals surface area (Å²) in [5.74, 6) is 0.193. The van der Waals surface area contributed by atoms with Crippen molar-refractivity contribution in [1.29, 1.82) is 0 Å². The van der Waals surface area contributed by atoms with E-state index in [1.807, 2.05) is 4.90 Å². The van der Waals surface area contributed by atoms with Crippen molar-refractivity contribution in [3.05, 3.63) is 0 Å². The normalized spacial score (nSPS) is 30.5. The zero-order valence-corrected chi connectivity index (χ0v) is 14.4. The Balaban J connectivity index is 1.59. The molecular formula is C15H27N3O4S. The maximum Gasteiger partial charge on any atom is 0.227 e. The fourth-order valence-electron chi connectivity index (χ4n) is 3.66. The Hall–Kier alpha value is -0.700. The topological polar surface area (TPSA) is 79.0 Å². The van der Waals surface area contributed by atoms with Gasteiger partial charge < -0.3 is 15.0 Å². The van der Waals surface area contributed by atoms with Crippen LogP contribution in [0.5, 0.6) is 0 Å². The number of hydrogen-bond acceptors (Lipinski definition) is 5. The number of nitrogens with one attached hydrogen (secondary N) is 1. The Morgan fingerprint density at radius 1 is 1.17 bits per heavy atom. The van der Waals surface area contributed by atoms with Crippen molar-refractivity contribution in [3.63, 3.8) is 0 Å². The average Bonchev–Trinajstić information content (AvgIpc) is 3.07. The zero-order chi connectivity index (χ0) is 16.3. The van der Waals surface area contributed by atoms with Gasteiger partial charge in [0.1, 0.15) is 0 Å². The van der Waals surface area contributed by atoms with E-state index in [4.69, 9.17) is 4.74 Å². The molecule has 0 spiro atoms. The summed E-state index contributed by atoms with van der Waals surface area (Å²) in [6, 6.07) is 0. The maximum atomic E-state index is 12.6. The number of amides is 1. The predicted octanol–water partition coefficient (Wildman–Crippen LogP) is -0.503. The molecule has 1 amide bonds. The van der Waals surface area contributed by atoms with Gasteiger partial charge in [0, 0.05) is 45.9 Å². The molecule has 2 unspecified atom stereocenters. The van der Waals surface area contributed by atoms with E-state index in [1.54, 1.807) is 4.31 Å². The molecule has 132 valence electrons. The molecule has 23 heavy (non-hydrogen) atoms. The second-order valence-corrected chi connectivity index (χ2v) is 8.79. The van der Waals surface area contributed by atoms with Crippen molar-refractivity contribution in [2.75, 3.05) is 58.2 Å². The molecule has 0 aliphatic carbocycles. The Labute approximate surface area is 138 Å². The second-order valence-electron chi connectivity index (χ2n) is 6.78. The summed E-state index contributed by atoms with van der Waals surface area (Å²) >= 11 is 0. The van der Waals surface area contributed by atoms with Crippen LogP contribution >= 0.6 is 0 Å². The number of ether oxygens (including phenoxy) is 1. The number of nitrogens with zero attached hydrogens (tertiary/aromatic N) is 2. The molecular weight excluding hydrogens is 318 g/mol. The molecule has 0 aromatic heterocycles. The van der Waals surface area contributed by atoms with E-state index in [-0.39, 0.29) is 23.5 Å². The van der Waals surface area contributed by atoms with Gasteiger partial charge in [-0.2, -0.15) is 0 Å². The molecule has 3 fully saturated rings. The summed E-state index contributed by atoms with van der Waals surface area (Å²) in [7, 11) is -3.29. The summed E-state index contributed by atoms with van der Waals surface area (Å²) in [5.41, 5.74) is 0. The van der Waals surface area contributed by atoms with E-state index in [1.165, 1.54) is 0 Å². The van der Waals surface area contributed by atoms with Crippen molar-refractivity contribution in [1.82, 2.24) is 14.5 Å². The number of piperazine rings is 1. The fourth-order valence-corrected chi connectivity index (χ4v) is 5.54. The first kappa shape index (κ1) is 17.1. The summed E-state index contributed by atoms with van der Waals surface area (Å²) in [6.07, 6.45) is 2.38. The number of sulfonamides is 1. The first-order valence-corrected chi connectivity index (χ1v) is 10.2. The lowest BCUT2D eigenvalue weighted by atomic mass is 9.98. The minimum absolute atomic E-state index is 0.101. The van der Waals surface area contributed by atoms with Crippen LogP contribution in [-0.4, -0.2) is 81.8 Å². The van der Waals surface area contributed by atoms with E-state index >= 15 is 0 Å². The minimum Gasteiger partial charge on any atom is -0.381 e. The predicted molar refractivity (Wildman–Crippen MR) is 86.5 cm³/mol. The highest BCUT2D eigenvalue weighted by molar-refractivity contribution is 7.89. The van der Waals surface area contributed by atoms with Gasteiger partial charge in [-0.05, 0) is 25.2 Å². The van der Waals surface area contributed by atoms with Gasteiger partial charge in [-0.1, -0.05) is 0 Å². The van der Waals surface area contributed by atoms with E-state index < -0.39 is 10.0 Å². The molecule has 8 heteroatoms. The van der Waals surface area contributed by atoms with E-state index in [9.17, 15) is 13.2 Å². The minimum atomic E-state index is -3.29. The third-order valence-corrected chi connectivity index (χ3v) is 7.04. The lowest BCUT2D eigenvalue weighted by molar-refractivity contribution is -0.137. The summed E-state index contributed by atoms with van der Waals surface area (Å²) in [5, 5.41) is 3.23. The van der Waals surface area contributed by atoms with Crippen LogP contribution < -0.4 is 5.32 Å². The van der Waals surface area contributed by atoms with Crippen LogP contribution in [0.4, 0.5) is 0 Å². The highest BCUT2D eigenvalue weighted by Gasteiger charge is 2.36. The molecule has 3 aliphatic heterocycles. The van der Waals surface area contributed by atoms with Crippen LogP contribution in [0.2, 0.25) is 0 Å². The molecule has 0 saturated carbocycles. The number of hydrogen-bond donors (Lipinski definition) is 1. The highest BCUT2D eigenvalue weighted by atomic mass is 32.2. The summed E-state index contributed by atoms with van der Waals surface area (Å²) < 4.78 is 32.1. The van der Waals surface area contributed by atoms with Gasteiger partial charge in [0.15, 0.2) is 0 Å². The Bertz CT molecular complexity index is 513. The number of rotatable bonds is 4. The van der Waals surface area contributed by atoms with Gasteiger partial charge in [-0.25, -0.2) is 12.7 Å². The molecule has 3 rings (SSSR count). The van der Waals surface area contributed by atoms with Gasteiger partial charge in [-0.15, -0.1) is 0 Å². The van der Waals surface area contributed by atoms with E-state index in [0.717, 1.165) is 45.4 Å². The van der Waals surface area contributed by atoms with Crippen LogP contribution in [0.25, 0.3) is 0 Å². The first-order chi connectivity index (χ1) is 11.1. The Kier molecular flexibility index (Phi) is 5.56. The number of piperidine rings is 1. The van der Waals surface area contributed by atoms with Crippen molar-refractivity contribution >= 4 is 15.9 Å². The molecule has 3 saturated heterocycles. The number of carbonyl (C=O) groups excluding carboxylic acids is 1. The Morgan fingerprint density at radius 3 is 2.65 bits per heavy atom. The van der Waals surface area contributed by atoms with Crippen molar-refractivity contribution in [2.45, 2.75) is 19.3 Å². The largest absolute Gasteiger partial charge is 0.381 e. The maximum absolute atomic E-state index is 12.6. The standard InChI is InChI=1S/C15H27N3O4S/c19-15(17-7-4-16-5-8-17)14-2-1-6-18(10-14)23(20,21)12-13-3-9-22-11-13/h13-14,16H,1-12H2. The first-order valence-electron chi connectivity index (χ1n) is 8.61. The van der Waals surface area contributed by atoms with Gasteiger partial charge in [-0.3, -0.25) is 4.79 Å². The molecule has 2 atom stereocenters. The Morgan fingerprint density at radius 2 is 1.96 bits per heavy atom. The zero-order valence-electron chi connectivity index (χ0n) is 13.6. The molecule has 0 aromatic carbocycles. The summed E-state index contributed by atoms with van der Waals surface area (Å²) in [6.45, 7) is 5.17. The van der Waals surface area contributed by atoms with Crippen LogP contribution in [0, 0.1) is 11.8 Å². The third kappa shape index (κ3) is 4.23. The van der Waals surface area contributed by atoms with E-state index in [0.29, 0.717) is 26.3 Å². The molecule has 0 radical (unpaired) electrons.